The molecule has 0 radical (unpaired) electrons. The number of hydrogen-bond acceptors (Lipinski definition) is 6. The average molecular weight is 419 g/mol. The summed E-state index contributed by atoms with van der Waals surface area (Å²) < 4.78 is 35.0. The van der Waals surface area contributed by atoms with E-state index in [1.165, 1.54) is 31.2 Å². The molecule has 0 fully saturated rings. The van der Waals surface area contributed by atoms with Gasteiger partial charge in [-0.2, -0.15) is 8.42 Å². The van der Waals surface area contributed by atoms with E-state index < -0.39 is 27.7 Å². The first-order valence-electron chi connectivity index (χ1n) is 9.05. The Bertz CT molecular complexity index is 947. The van der Waals surface area contributed by atoms with Crippen molar-refractivity contribution in [3.8, 4) is 5.75 Å². The predicted octanol–water partition coefficient (Wildman–Crippen LogP) is 2.84. The Morgan fingerprint density at radius 3 is 2.10 bits per heavy atom. The smallest absolute Gasteiger partial charge is 0.339 e. The molecule has 0 heterocycles. The van der Waals surface area contributed by atoms with Crippen LogP contribution in [0.15, 0.2) is 59.5 Å². The number of carbonyl (C=O) groups is 2. The molecule has 1 amide bonds. The van der Waals surface area contributed by atoms with Crippen LogP contribution in [-0.4, -0.2) is 31.9 Å². The average Bonchev–Trinajstić information content (AvgIpc) is 2.61. The Hall–Kier alpha value is -2.87. The lowest BCUT2D eigenvalue weighted by Gasteiger charge is -2.24. The Morgan fingerprint density at radius 2 is 1.59 bits per heavy atom. The normalized spacial score (nSPS) is 12.7. The van der Waals surface area contributed by atoms with Crippen LogP contribution < -0.4 is 9.50 Å². The Balaban J connectivity index is 2.11. The maximum atomic E-state index is 12.4. The van der Waals surface area contributed by atoms with E-state index in [2.05, 4.69) is 5.32 Å². The van der Waals surface area contributed by atoms with Crippen molar-refractivity contribution in [1.82, 2.24) is 5.32 Å². The molecule has 0 spiro atoms. The molecule has 0 unspecified atom stereocenters. The highest BCUT2D eigenvalue weighted by Crippen LogP contribution is 2.20. The summed E-state index contributed by atoms with van der Waals surface area (Å²) in [4.78, 5) is 23.9. The molecule has 156 valence electrons. The summed E-state index contributed by atoms with van der Waals surface area (Å²) >= 11 is 0. The summed E-state index contributed by atoms with van der Waals surface area (Å²) in [6.07, 6.45) is 0.195. The maximum Gasteiger partial charge on any atom is 0.339 e. The van der Waals surface area contributed by atoms with Gasteiger partial charge in [-0.1, -0.05) is 30.3 Å². The van der Waals surface area contributed by atoms with E-state index in [1.54, 1.807) is 51.1 Å². The number of hydrogen-bond donors (Lipinski definition) is 1. The van der Waals surface area contributed by atoms with Crippen LogP contribution in [0.25, 0.3) is 0 Å². The first-order valence-corrected chi connectivity index (χ1v) is 10.5. The van der Waals surface area contributed by atoms with Crippen LogP contribution in [0.2, 0.25) is 0 Å². The number of carbonyl (C=O) groups excluding carboxylic acids is 2. The molecule has 1 N–H and O–H groups in total. The number of amides is 1. The zero-order valence-electron chi connectivity index (χ0n) is 16.8. The summed E-state index contributed by atoms with van der Waals surface area (Å²) in [5, 5.41) is 2.58. The number of ether oxygens (including phenoxy) is 1. The lowest BCUT2D eigenvalue weighted by molar-refractivity contribution is -0.158. The minimum absolute atomic E-state index is 0.0553. The van der Waals surface area contributed by atoms with E-state index in [4.69, 9.17) is 8.92 Å². The quantitative estimate of drug-likeness (QED) is 0.547. The second-order valence-electron chi connectivity index (χ2n) is 7.49. The van der Waals surface area contributed by atoms with Gasteiger partial charge in [0.05, 0.1) is 0 Å². The highest BCUT2D eigenvalue weighted by molar-refractivity contribution is 7.87. The first-order chi connectivity index (χ1) is 13.5. The summed E-state index contributed by atoms with van der Waals surface area (Å²) in [6, 6.07) is 13.2. The summed E-state index contributed by atoms with van der Waals surface area (Å²) in [7, 11) is -3.93. The van der Waals surface area contributed by atoms with Gasteiger partial charge in [-0.05, 0) is 50.6 Å². The van der Waals surface area contributed by atoms with Crippen LogP contribution >= 0.6 is 0 Å². The SMILES string of the molecule is CC(=O)N[C@@H](Cc1ccc(OS(=O)(=O)c2ccccc2)cc1)C(=O)OC(C)(C)C. The van der Waals surface area contributed by atoms with Gasteiger partial charge >= 0.3 is 16.1 Å². The molecule has 0 saturated heterocycles. The van der Waals surface area contributed by atoms with Crippen LogP contribution in [-0.2, 0) is 30.9 Å². The van der Waals surface area contributed by atoms with Crippen LogP contribution in [0.3, 0.4) is 0 Å². The lowest BCUT2D eigenvalue weighted by Crippen LogP contribution is -2.44. The molecule has 2 aromatic carbocycles. The maximum absolute atomic E-state index is 12.4. The standard InChI is InChI=1S/C21H25NO6S/c1-15(23)22-19(20(24)27-21(2,3)4)14-16-10-12-17(13-11-16)28-29(25,26)18-8-6-5-7-9-18/h5-13,19H,14H2,1-4H3,(H,22,23)/t19-/m0/s1. The summed E-state index contributed by atoms with van der Waals surface area (Å²) in [5.41, 5.74) is 0.0242. The van der Waals surface area contributed by atoms with E-state index in [9.17, 15) is 18.0 Å². The van der Waals surface area contributed by atoms with Gasteiger partial charge in [-0.3, -0.25) is 4.79 Å². The van der Waals surface area contributed by atoms with Gasteiger partial charge in [0, 0.05) is 13.3 Å². The molecule has 0 aliphatic heterocycles. The van der Waals surface area contributed by atoms with Crippen molar-refractivity contribution in [2.24, 2.45) is 0 Å². The van der Waals surface area contributed by atoms with E-state index in [0.717, 1.165) is 0 Å². The molecule has 2 aromatic rings. The molecule has 0 aliphatic rings. The van der Waals surface area contributed by atoms with Crippen LogP contribution in [0.4, 0.5) is 0 Å². The van der Waals surface area contributed by atoms with Gasteiger partial charge in [0.2, 0.25) is 5.91 Å². The van der Waals surface area contributed by atoms with Gasteiger partial charge < -0.3 is 14.2 Å². The number of benzene rings is 2. The van der Waals surface area contributed by atoms with E-state index in [-0.39, 0.29) is 23.0 Å². The molecule has 0 aromatic heterocycles. The monoisotopic (exact) mass is 419 g/mol. The second-order valence-corrected chi connectivity index (χ2v) is 9.03. The predicted molar refractivity (Wildman–Crippen MR) is 108 cm³/mol. The Morgan fingerprint density at radius 1 is 1.00 bits per heavy atom. The molecule has 29 heavy (non-hydrogen) atoms. The van der Waals surface area contributed by atoms with Gasteiger partial charge in [0.15, 0.2) is 0 Å². The number of nitrogens with one attached hydrogen (secondary N) is 1. The van der Waals surface area contributed by atoms with Gasteiger partial charge in [0.1, 0.15) is 22.3 Å². The first kappa shape index (κ1) is 22.4. The fourth-order valence-corrected chi connectivity index (χ4v) is 3.44. The van der Waals surface area contributed by atoms with Gasteiger partial charge in [0.25, 0.3) is 0 Å². The van der Waals surface area contributed by atoms with Crippen molar-refractivity contribution in [2.75, 3.05) is 0 Å². The van der Waals surface area contributed by atoms with Crippen molar-refractivity contribution < 1.29 is 26.9 Å². The van der Waals surface area contributed by atoms with Gasteiger partial charge in [-0.25, -0.2) is 4.79 Å². The molecule has 0 saturated carbocycles. The minimum atomic E-state index is -3.93. The summed E-state index contributed by atoms with van der Waals surface area (Å²) in [6.45, 7) is 6.56. The Labute approximate surface area is 171 Å². The van der Waals surface area contributed by atoms with Crippen LogP contribution in [0.1, 0.15) is 33.3 Å². The third-order valence-electron chi connectivity index (χ3n) is 3.67. The molecule has 0 aliphatic carbocycles. The highest BCUT2D eigenvalue weighted by Gasteiger charge is 2.26. The Kier molecular flexibility index (Phi) is 7.02. The third-order valence-corrected chi connectivity index (χ3v) is 4.93. The minimum Gasteiger partial charge on any atom is -0.458 e. The second kappa shape index (κ2) is 9.09. The van der Waals surface area contributed by atoms with Gasteiger partial charge in [-0.15, -0.1) is 0 Å². The number of esters is 1. The van der Waals surface area contributed by atoms with Crippen molar-refractivity contribution in [3.05, 3.63) is 60.2 Å². The highest BCUT2D eigenvalue weighted by atomic mass is 32.2. The molecule has 1 atom stereocenters. The van der Waals surface area contributed by atoms with E-state index in [0.29, 0.717) is 5.56 Å². The van der Waals surface area contributed by atoms with Crippen LogP contribution in [0, 0.1) is 0 Å². The van der Waals surface area contributed by atoms with E-state index in [1.807, 2.05) is 0 Å². The zero-order valence-corrected chi connectivity index (χ0v) is 17.7. The fourth-order valence-electron chi connectivity index (χ4n) is 2.49. The molecular formula is C21H25NO6S. The molecule has 8 heteroatoms. The fraction of sp³-hybridized carbons (Fsp3) is 0.333. The lowest BCUT2D eigenvalue weighted by atomic mass is 10.1. The van der Waals surface area contributed by atoms with Crippen molar-refractivity contribution in [2.45, 2.75) is 50.7 Å². The third kappa shape index (κ3) is 7.23. The summed E-state index contributed by atoms with van der Waals surface area (Å²) in [5.74, 6) is -0.750. The molecule has 2 rings (SSSR count). The molecule has 0 bridgehead atoms. The molecular weight excluding hydrogens is 394 g/mol. The van der Waals surface area contributed by atoms with Crippen molar-refractivity contribution in [3.63, 3.8) is 0 Å². The topological polar surface area (TPSA) is 98.8 Å². The zero-order chi connectivity index (χ0) is 21.7. The van der Waals surface area contributed by atoms with Crippen LogP contribution in [0.5, 0.6) is 5.75 Å². The number of rotatable bonds is 7. The van der Waals surface area contributed by atoms with Crippen molar-refractivity contribution >= 4 is 22.0 Å². The van der Waals surface area contributed by atoms with E-state index >= 15 is 0 Å². The largest absolute Gasteiger partial charge is 0.458 e. The van der Waals surface area contributed by atoms with Crippen molar-refractivity contribution in [1.29, 1.82) is 0 Å². The molecule has 7 nitrogen and oxygen atoms in total.